The Morgan fingerprint density at radius 3 is 1.33 bits per heavy atom. The summed E-state index contributed by atoms with van der Waals surface area (Å²) in [6.45, 7) is 9.44. The topological polar surface area (TPSA) is 3.24 Å². The first kappa shape index (κ1) is 25.8. The minimum atomic E-state index is -0.0753. The fourth-order valence-electron chi connectivity index (χ4n) is 7.62. The maximum Gasteiger partial charge on any atom is 0.0540 e. The molecule has 208 valence electrons. The molecule has 0 N–H and O–H groups in total. The highest BCUT2D eigenvalue weighted by Gasteiger charge is 2.37. The highest BCUT2D eigenvalue weighted by atomic mass is 15.1. The molecule has 0 saturated heterocycles. The van der Waals surface area contributed by atoms with Gasteiger partial charge in [0.05, 0.1) is 5.69 Å². The van der Waals surface area contributed by atoms with Gasteiger partial charge < -0.3 is 4.90 Å². The third kappa shape index (κ3) is 3.78. The van der Waals surface area contributed by atoms with Gasteiger partial charge in [0, 0.05) is 27.8 Å². The predicted octanol–water partition coefficient (Wildman–Crippen LogP) is 11.4. The van der Waals surface area contributed by atoms with E-state index in [1.54, 1.807) is 0 Å². The van der Waals surface area contributed by atoms with Gasteiger partial charge in [-0.1, -0.05) is 137 Å². The number of fused-ring (bicyclic) bond motifs is 6. The summed E-state index contributed by atoms with van der Waals surface area (Å²) >= 11 is 0. The average molecular weight is 554 g/mol. The van der Waals surface area contributed by atoms with Crippen molar-refractivity contribution in [2.24, 2.45) is 0 Å². The lowest BCUT2D eigenvalue weighted by atomic mass is 9.82. The minimum absolute atomic E-state index is 0.0753. The Morgan fingerprint density at radius 1 is 0.372 bits per heavy atom. The summed E-state index contributed by atoms with van der Waals surface area (Å²) in [5.41, 5.74) is 16.7. The van der Waals surface area contributed by atoms with E-state index in [1.165, 1.54) is 72.7 Å². The van der Waals surface area contributed by atoms with E-state index < -0.39 is 0 Å². The van der Waals surface area contributed by atoms with Gasteiger partial charge in [0.1, 0.15) is 0 Å². The van der Waals surface area contributed by atoms with Crippen LogP contribution in [-0.4, -0.2) is 0 Å². The van der Waals surface area contributed by atoms with Crippen LogP contribution in [-0.2, 0) is 10.8 Å². The molecule has 6 aromatic carbocycles. The Kier molecular flexibility index (Phi) is 5.59. The molecule has 0 bridgehead atoms. The largest absolute Gasteiger partial charge is 0.310 e. The molecule has 0 spiro atoms. The van der Waals surface area contributed by atoms with Crippen LogP contribution in [0.5, 0.6) is 0 Å². The minimum Gasteiger partial charge on any atom is -0.310 e. The maximum absolute atomic E-state index is 2.47. The SMILES string of the molecule is CC1(C)c2ccccc2-c2ccc(N(c3ccc4c(c3)C(C)(C)c3ccccc3-4)c3ccccc3-c3ccccc3)cc21. The van der Waals surface area contributed by atoms with Crippen molar-refractivity contribution in [2.45, 2.75) is 38.5 Å². The molecule has 0 radical (unpaired) electrons. The molecule has 0 amide bonds. The van der Waals surface area contributed by atoms with Crippen molar-refractivity contribution in [3.05, 3.63) is 162 Å². The van der Waals surface area contributed by atoms with Crippen LogP contribution >= 0.6 is 0 Å². The second kappa shape index (κ2) is 9.31. The second-order valence-electron chi connectivity index (χ2n) is 13.0. The zero-order valence-corrected chi connectivity index (χ0v) is 25.2. The van der Waals surface area contributed by atoms with Gasteiger partial charge >= 0.3 is 0 Å². The molecule has 0 aromatic heterocycles. The first-order valence-corrected chi connectivity index (χ1v) is 15.3. The van der Waals surface area contributed by atoms with Crippen molar-refractivity contribution < 1.29 is 0 Å². The molecule has 43 heavy (non-hydrogen) atoms. The van der Waals surface area contributed by atoms with Gasteiger partial charge in [0.2, 0.25) is 0 Å². The van der Waals surface area contributed by atoms with E-state index in [0.717, 1.165) is 0 Å². The highest BCUT2D eigenvalue weighted by Crippen LogP contribution is 2.53. The first-order valence-electron chi connectivity index (χ1n) is 15.3. The average Bonchev–Trinajstić information content (AvgIpc) is 3.41. The summed E-state index contributed by atoms with van der Waals surface area (Å²) in [4.78, 5) is 2.47. The molecular weight excluding hydrogens is 518 g/mol. The summed E-state index contributed by atoms with van der Waals surface area (Å²) in [5, 5.41) is 0. The van der Waals surface area contributed by atoms with E-state index in [2.05, 4.69) is 172 Å². The monoisotopic (exact) mass is 553 g/mol. The number of nitrogens with zero attached hydrogens (tertiary/aromatic N) is 1. The van der Waals surface area contributed by atoms with Crippen LogP contribution in [0.15, 0.2) is 140 Å². The standard InChI is InChI=1S/C42H35N/c1-41(2)36-19-11-8-17-32(36)34-24-22-29(26-38(34)41)43(40-21-13-10-16-31(40)28-14-6-5-7-15-28)30-23-25-35-33-18-9-12-20-37(33)42(3,4)39(35)27-30/h5-27H,1-4H3. The molecule has 1 nitrogen and oxygen atoms in total. The molecule has 0 aliphatic heterocycles. The van der Waals surface area contributed by atoms with Crippen molar-refractivity contribution in [2.75, 3.05) is 4.90 Å². The van der Waals surface area contributed by atoms with Crippen molar-refractivity contribution in [3.63, 3.8) is 0 Å². The summed E-state index contributed by atoms with van der Waals surface area (Å²) in [6.07, 6.45) is 0. The van der Waals surface area contributed by atoms with Crippen LogP contribution in [0.3, 0.4) is 0 Å². The predicted molar refractivity (Wildman–Crippen MR) is 182 cm³/mol. The smallest absolute Gasteiger partial charge is 0.0540 e. The number of rotatable bonds is 4. The van der Waals surface area contributed by atoms with Gasteiger partial charge in [0.15, 0.2) is 0 Å². The molecule has 2 aliphatic rings. The van der Waals surface area contributed by atoms with E-state index in [1.807, 2.05) is 0 Å². The summed E-state index contributed by atoms with van der Waals surface area (Å²) < 4.78 is 0. The van der Waals surface area contributed by atoms with E-state index in [-0.39, 0.29) is 10.8 Å². The summed E-state index contributed by atoms with van der Waals surface area (Å²) in [7, 11) is 0. The second-order valence-corrected chi connectivity index (χ2v) is 13.0. The Balaban J connectivity index is 1.36. The third-order valence-electron chi connectivity index (χ3n) is 9.88. The number of hydrogen-bond donors (Lipinski definition) is 0. The Morgan fingerprint density at radius 2 is 0.791 bits per heavy atom. The van der Waals surface area contributed by atoms with Crippen LogP contribution in [0.25, 0.3) is 33.4 Å². The van der Waals surface area contributed by atoms with E-state index in [0.29, 0.717) is 0 Å². The summed E-state index contributed by atoms with van der Waals surface area (Å²) in [6, 6.07) is 51.5. The van der Waals surface area contributed by atoms with Gasteiger partial charge in [-0.3, -0.25) is 0 Å². The Labute approximate surface area is 255 Å². The molecule has 0 saturated carbocycles. The van der Waals surface area contributed by atoms with Gasteiger partial charge in [0.25, 0.3) is 0 Å². The molecule has 0 fully saturated rings. The van der Waals surface area contributed by atoms with Gasteiger partial charge in [-0.15, -0.1) is 0 Å². The van der Waals surface area contributed by atoms with Crippen molar-refractivity contribution in [3.8, 4) is 33.4 Å². The van der Waals surface area contributed by atoms with Crippen LogP contribution in [0, 0.1) is 0 Å². The van der Waals surface area contributed by atoms with Crippen LogP contribution < -0.4 is 4.90 Å². The van der Waals surface area contributed by atoms with E-state index >= 15 is 0 Å². The number of benzene rings is 6. The first-order chi connectivity index (χ1) is 20.9. The fourth-order valence-corrected chi connectivity index (χ4v) is 7.62. The quantitative estimate of drug-likeness (QED) is 0.210. The van der Waals surface area contributed by atoms with Gasteiger partial charge in [-0.05, 0) is 80.4 Å². The van der Waals surface area contributed by atoms with E-state index in [9.17, 15) is 0 Å². The number of para-hydroxylation sites is 1. The molecule has 0 unspecified atom stereocenters. The Bertz CT molecular complexity index is 1920. The number of hydrogen-bond acceptors (Lipinski definition) is 1. The highest BCUT2D eigenvalue weighted by molar-refractivity contribution is 5.92. The molecular formula is C42H35N. The third-order valence-corrected chi connectivity index (χ3v) is 9.88. The van der Waals surface area contributed by atoms with Crippen molar-refractivity contribution >= 4 is 17.1 Å². The molecule has 1 heteroatoms. The molecule has 2 aliphatic carbocycles. The lowest BCUT2D eigenvalue weighted by Crippen LogP contribution is -2.18. The molecule has 0 atom stereocenters. The fraction of sp³-hybridized carbons (Fsp3) is 0.143. The zero-order chi connectivity index (χ0) is 29.3. The Hall–Kier alpha value is -4.88. The van der Waals surface area contributed by atoms with Gasteiger partial charge in [-0.25, -0.2) is 0 Å². The summed E-state index contributed by atoms with van der Waals surface area (Å²) in [5.74, 6) is 0. The number of anilines is 3. The molecule has 6 aromatic rings. The van der Waals surface area contributed by atoms with Crippen molar-refractivity contribution in [1.29, 1.82) is 0 Å². The van der Waals surface area contributed by atoms with Crippen LogP contribution in [0.4, 0.5) is 17.1 Å². The van der Waals surface area contributed by atoms with Crippen LogP contribution in [0.1, 0.15) is 49.9 Å². The normalized spacial score (nSPS) is 14.9. The molecule has 0 heterocycles. The molecule has 8 rings (SSSR count). The van der Waals surface area contributed by atoms with Crippen LogP contribution in [0.2, 0.25) is 0 Å². The maximum atomic E-state index is 2.47. The lowest BCUT2D eigenvalue weighted by Gasteiger charge is -2.31. The lowest BCUT2D eigenvalue weighted by molar-refractivity contribution is 0.660. The van der Waals surface area contributed by atoms with Crippen molar-refractivity contribution in [1.82, 2.24) is 0 Å². The zero-order valence-electron chi connectivity index (χ0n) is 25.2. The van der Waals surface area contributed by atoms with E-state index in [4.69, 9.17) is 0 Å². The van der Waals surface area contributed by atoms with Gasteiger partial charge in [-0.2, -0.15) is 0 Å².